The van der Waals surface area contributed by atoms with Gasteiger partial charge in [-0.15, -0.1) is 0 Å². The van der Waals surface area contributed by atoms with Crippen LogP contribution in [0.3, 0.4) is 0 Å². The van der Waals surface area contributed by atoms with Gasteiger partial charge in [-0.3, -0.25) is 5.10 Å². The molecule has 1 aromatic rings. The van der Waals surface area contributed by atoms with E-state index >= 15 is 0 Å². The number of hydrogen-bond donors (Lipinski definition) is 3. The molecule has 6 nitrogen and oxygen atoms in total. The molecule has 3 atom stereocenters. The zero-order valence-electron chi connectivity index (χ0n) is 12.5. The number of nitrogens with zero attached hydrogens (tertiary/aromatic N) is 2. The average molecular weight is 292 g/mol. The van der Waals surface area contributed by atoms with E-state index in [2.05, 4.69) is 15.5 Å². The second-order valence-corrected chi connectivity index (χ2v) is 6.34. The third-order valence-corrected chi connectivity index (χ3v) is 4.81. The Hall–Kier alpha value is -1.56. The first-order chi connectivity index (χ1) is 10.1. The van der Waals surface area contributed by atoms with Crippen molar-refractivity contribution >= 4 is 6.03 Å². The standard InChI is InChI=1S/C15H24N4O2/c1-19(9-11-5-3-7-13(11)20)15(21)17-12-6-2-4-10-8-16-18-14(10)12/h8,11-13,20H,2-7,9H2,1H3,(H,16,18)(H,17,21)/t11-,12-,13-/m0/s1. The molecule has 3 N–H and O–H groups in total. The first-order valence-electron chi connectivity index (χ1n) is 7.87. The van der Waals surface area contributed by atoms with Gasteiger partial charge in [-0.1, -0.05) is 6.42 Å². The lowest BCUT2D eigenvalue weighted by Gasteiger charge is -2.28. The number of carbonyl (C=O) groups is 1. The van der Waals surface area contributed by atoms with Crippen LogP contribution in [0.5, 0.6) is 0 Å². The zero-order chi connectivity index (χ0) is 14.8. The number of aryl methyl sites for hydroxylation is 1. The first-order valence-corrected chi connectivity index (χ1v) is 7.87. The van der Waals surface area contributed by atoms with Crippen LogP contribution in [-0.4, -0.2) is 45.9 Å². The number of amides is 2. The maximum Gasteiger partial charge on any atom is 0.317 e. The quantitative estimate of drug-likeness (QED) is 0.791. The summed E-state index contributed by atoms with van der Waals surface area (Å²) >= 11 is 0. The maximum absolute atomic E-state index is 12.3. The number of urea groups is 1. The number of aliphatic hydroxyl groups is 1. The predicted molar refractivity (Wildman–Crippen MR) is 78.8 cm³/mol. The average Bonchev–Trinajstić information content (AvgIpc) is 3.09. The second-order valence-electron chi connectivity index (χ2n) is 6.34. The molecule has 1 fully saturated rings. The van der Waals surface area contributed by atoms with E-state index in [4.69, 9.17) is 0 Å². The Morgan fingerprint density at radius 2 is 2.33 bits per heavy atom. The Morgan fingerprint density at radius 3 is 3.10 bits per heavy atom. The van der Waals surface area contributed by atoms with Gasteiger partial charge in [0.1, 0.15) is 0 Å². The van der Waals surface area contributed by atoms with E-state index in [-0.39, 0.29) is 24.1 Å². The van der Waals surface area contributed by atoms with E-state index in [1.807, 2.05) is 6.20 Å². The molecule has 0 spiro atoms. The summed E-state index contributed by atoms with van der Waals surface area (Å²) < 4.78 is 0. The van der Waals surface area contributed by atoms with E-state index in [1.165, 1.54) is 5.56 Å². The van der Waals surface area contributed by atoms with Crippen LogP contribution in [0.4, 0.5) is 4.79 Å². The maximum atomic E-state index is 12.3. The van der Waals surface area contributed by atoms with Gasteiger partial charge in [0.2, 0.25) is 0 Å². The fourth-order valence-corrected chi connectivity index (χ4v) is 3.53. The number of hydrogen-bond acceptors (Lipinski definition) is 3. The molecule has 3 rings (SSSR count). The molecule has 1 aromatic heterocycles. The number of H-pyrrole nitrogens is 1. The van der Waals surface area contributed by atoms with Crippen molar-refractivity contribution in [1.29, 1.82) is 0 Å². The highest BCUT2D eigenvalue weighted by Gasteiger charge is 2.29. The molecule has 2 aliphatic carbocycles. The van der Waals surface area contributed by atoms with Gasteiger partial charge in [-0.05, 0) is 37.7 Å². The summed E-state index contributed by atoms with van der Waals surface area (Å²) in [6, 6.07) is -0.0405. The van der Waals surface area contributed by atoms with Crippen LogP contribution in [0.25, 0.3) is 0 Å². The number of rotatable bonds is 3. The van der Waals surface area contributed by atoms with Crippen molar-refractivity contribution in [3.05, 3.63) is 17.5 Å². The fraction of sp³-hybridized carbons (Fsp3) is 0.733. The Balaban J connectivity index is 1.57. The van der Waals surface area contributed by atoms with E-state index in [0.29, 0.717) is 6.54 Å². The van der Waals surface area contributed by atoms with E-state index in [1.54, 1.807) is 11.9 Å². The highest BCUT2D eigenvalue weighted by Crippen LogP contribution is 2.28. The van der Waals surface area contributed by atoms with Gasteiger partial charge in [0.25, 0.3) is 0 Å². The first kappa shape index (κ1) is 14.4. The van der Waals surface area contributed by atoms with Crippen molar-refractivity contribution in [2.75, 3.05) is 13.6 Å². The van der Waals surface area contributed by atoms with Gasteiger partial charge in [-0.25, -0.2) is 4.79 Å². The highest BCUT2D eigenvalue weighted by molar-refractivity contribution is 5.74. The summed E-state index contributed by atoms with van der Waals surface area (Å²) in [5.74, 6) is 0.217. The smallest absolute Gasteiger partial charge is 0.317 e. The van der Waals surface area contributed by atoms with Crippen molar-refractivity contribution in [1.82, 2.24) is 20.4 Å². The van der Waals surface area contributed by atoms with E-state index in [0.717, 1.165) is 44.2 Å². The fourth-order valence-electron chi connectivity index (χ4n) is 3.53. The Morgan fingerprint density at radius 1 is 1.48 bits per heavy atom. The molecular formula is C15H24N4O2. The molecule has 2 amide bonds. The third-order valence-electron chi connectivity index (χ3n) is 4.81. The SMILES string of the molecule is CN(C[C@@H]1CCC[C@@H]1O)C(=O)N[C@H]1CCCc2cn[nH]c21. The topological polar surface area (TPSA) is 81.2 Å². The van der Waals surface area contributed by atoms with E-state index < -0.39 is 0 Å². The summed E-state index contributed by atoms with van der Waals surface area (Å²) in [4.78, 5) is 14.0. The van der Waals surface area contributed by atoms with Gasteiger partial charge in [0.05, 0.1) is 24.0 Å². The number of fused-ring (bicyclic) bond motifs is 1. The van der Waals surface area contributed by atoms with E-state index in [9.17, 15) is 9.90 Å². The van der Waals surface area contributed by atoms with Gasteiger partial charge in [0, 0.05) is 19.5 Å². The van der Waals surface area contributed by atoms with Gasteiger partial charge >= 0.3 is 6.03 Å². The molecule has 0 aliphatic heterocycles. The lowest BCUT2D eigenvalue weighted by atomic mass is 9.94. The van der Waals surface area contributed by atoms with Crippen LogP contribution < -0.4 is 5.32 Å². The monoisotopic (exact) mass is 292 g/mol. The lowest BCUT2D eigenvalue weighted by molar-refractivity contribution is 0.113. The van der Waals surface area contributed by atoms with Gasteiger partial charge in [-0.2, -0.15) is 5.10 Å². The van der Waals surface area contributed by atoms with Crippen LogP contribution in [0.1, 0.15) is 49.4 Å². The molecule has 0 aromatic carbocycles. The van der Waals surface area contributed by atoms with Crippen molar-refractivity contribution in [2.45, 2.75) is 50.7 Å². The molecular weight excluding hydrogens is 268 g/mol. The Bertz CT molecular complexity index is 502. The molecule has 0 saturated heterocycles. The van der Waals surface area contributed by atoms with Crippen LogP contribution in [-0.2, 0) is 6.42 Å². The van der Waals surface area contributed by atoms with Crippen LogP contribution in [0.15, 0.2) is 6.20 Å². The number of aliphatic hydroxyl groups excluding tert-OH is 1. The minimum atomic E-state index is -0.255. The van der Waals surface area contributed by atoms with Crippen molar-refractivity contribution in [3.63, 3.8) is 0 Å². The summed E-state index contributed by atoms with van der Waals surface area (Å²) in [5.41, 5.74) is 2.25. The number of carbonyl (C=O) groups excluding carboxylic acids is 1. The van der Waals surface area contributed by atoms with Gasteiger partial charge in [0.15, 0.2) is 0 Å². The summed E-state index contributed by atoms with van der Waals surface area (Å²) in [7, 11) is 1.80. The molecule has 116 valence electrons. The lowest BCUT2D eigenvalue weighted by Crippen LogP contribution is -2.43. The molecule has 1 heterocycles. The van der Waals surface area contributed by atoms with Crippen molar-refractivity contribution in [3.8, 4) is 0 Å². The molecule has 0 unspecified atom stereocenters. The number of aromatic nitrogens is 2. The summed E-state index contributed by atoms with van der Waals surface area (Å²) in [6.07, 6.45) is 7.57. The molecule has 0 radical (unpaired) electrons. The summed E-state index contributed by atoms with van der Waals surface area (Å²) in [6.45, 7) is 0.621. The third kappa shape index (κ3) is 3.05. The minimum Gasteiger partial charge on any atom is -0.393 e. The summed E-state index contributed by atoms with van der Waals surface area (Å²) in [5, 5.41) is 20.0. The largest absolute Gasteiger partial charge is 0.393 e. The predicted octanol–water partition coefficient (Wildman–Crippen LogP) is 1.59. The molecule has 2 aliphatic rings. The van der Waals surface area contributed by atoms with Crippen LogP contribution >= 0.6 is 0 Å². The normalized spacial score (nSPS) is 28.2. The Kier molecular flexibility index (Phi) is 4.14. The molecule has 0 bridgehead atoms. The van der Waals surface area contributed by atoms with Crippen molar-refractivity contribution < 1.29 is 9.90 Å². The zero-order valence-corrected chi connectivity index (χ0v) is 12.5. The number of aromatic amines is 1. The molecule has 21 heavy (non-hydrogen) atoms. The second kappa shape index (κ2) is 6.05. The Labute approximate surface area is 124 Å². The number of nitrogens with one attached hydrogen (secondary N) is 2. The van der Waals surface area contributed by atoms with Crippen molar-refractivity contribution in [2.24, 2.45) is 5.92 Å². The van der Waals surface area contributed by atoms with Crippen LogP contribution in [0.2, 0.25) is 0 Å². The highest BCUT2D eigenvalue weighted by atomic mass is 16.3. The molecule has 6 heteroatoms. The van der Waals surface area contributed by atoms with Crippen LogP contribution in [0, 0.1) is 5.92 Å². The molecule has 1 saturated carbocycles. The van der Waals surface area contributed by atoms with Gasteiger partial charge < -0.3 is 15.3 Å². The minimum absolute atomic E-state index is 0.0275.